The first-order valence-electron chi connectivity index (χ1n) is 8.45. The molecule has 25 heavy (non-hydrogen) atoms. The Hall–Kier alpha value is -1.64. The zero-order valence-electron chi connectivity index (χ0n) is 15.7. The number of guanidine groups is 1. The molecule has 1 heterocycles. The lowest BCUT2D eigenvalue weighted by Gasteiger charge is -2.18. The standard InChI is InChI=1S/C17H31N5O2S/c1-21(2)16(23)14-20-17(19-13-15-7-5-12-25-15)18-8-10-22(3)9-6-11-24-4/h5,7,12H,6,8-11,13-14H2,1-4H3,(H2,18,19,20). The molecule has 0 radical (unpaired) electrons. The number of aliphatic imine (C=N–C) groups is 1. The highest BCUT2D eigenvalue weighted by Crippen LogP contribution is 2.07. The topological polar surface area (TPSA) is 69.2 Å². The van der Waals surface area contributed by atoms with E-state index in [0.717, 1.165) is 32.7 Å². The number of methoxy groups -OCH3 is 1. The molecule has 0 aliphatic heterocycles. The molecule has 0 aliphatic rings. The minimum atomic E-state index is -0.0195. The fourth-order valence-electron chi connectivity index (χ4n) is 2.00. The van der Waals surface area contributed by atoms with E-state index in [1.807, 2.05) is 11.4 Å². The van der Waals surface area contributed by atoms with Crippen LogP contribution in [0.4, 0.5) is 0 Å². The van der Waals surface area contributed by atoms with E-state index in [0.29, 0.717) is 12.5 Å². The van der Waals surface area contributed by atoms with Gasteiger partial charge in [0.1, 0.15) is 6.54 Å². The fourth-order valence-corrected chi connectivity index (χ4v) is 2.65. The van der Waals surface area contributed by atoms with E-state index < -0.39 is 0 Å². The maximum atomic E-state index is 11.8. The third-order valence-corrected chi connectivity index (χ3v) is 4.43. The molecule has 7 nitrogen and oxygen atoms in total. The molecule has 1 aromatic rings. The first kappa shape index (κ1) is 21.4. The maximum absolute atomic E-state index is 11.8. The predicted octanol–water partition coefficient (Wildman–Crippen LogP) is 0.840. The van der Waals surface area contributed by atoms with E-state index >= 15 is 0 Å². The van der Waals surface area contributed by atoms with E-state index in [9.17, 15) is 4.79 Å². The van der Waals surface area contributed by atoms with Crippen LogP contribution in [0.3, 0.4) is 0 Å². The third kappa shape index (κ3) is 10.1. The molecule has 0 spiro atoms. The number of amides is 1. The summed E-state index contributed by atoms with van der Waals surface area (Å²) >= 11 is 1.69. The number of likely N-dealkylation sites (N-methyl/N-ethyl adjacent to an activating group) is 2. The van der Waals surface area contributed by atoms with Gasteiger partial charge in [-0.2, -0.15) is 0 Å². The van der Waals surface area contributed by atoms with E-state index in [4.69, 9.17) is 4.74 Å². The lowest BCUT2D eigenvalue weighted by molar-refractivity contribution is -0.127. The average molecular weight is 370 g/mol. The zero-order valence-corrected chi connectivity index (χ0v) is 16.6. The van der Waals surface area contributed by atoms with Gasteiger partial charge in [-0.3, -0.25) is 4.79 Å². The summed E-state index contributed by atoms with van der Waals surface area (Å²) < 4.78 is 5.07. The van der Waals surface area contributed by atoms with Gasteiger partial charge in [0, 0.05) is 52.3 Å². The van der Waals surface area contributed by atoms with Gasteiger partial charge in [-0.15, -0.1) is 11.3 Å². The summed E-state index contributed by atoms with van der Waals surface area (Å²) in [5.74, 6) is 0.641. The highest BCUT2D eigenvalue weighted by Gasteiger charge is 2.05. The molecule has 142 valence electrons. The molecule has 0 aliphatic carbocycles. The number of thiophene rings is 1. The van der Waals surface area contributed by atoms with Crippen molar-refractivity contribution < 1.29 is 9.53 Å². The Balaban J connectivity index is 2.43. The third-order valence-electron chi connectivity index (χ3n) is 3.56. The molecule has 2 N–H and O–H groups in total. The van der Waals surface area contributed by atoms with Crippen molar-refractivity contribution in [2.45, 2.75) is 13.0 Å². The molecule has 0 fully saturated rings. The summed E-state index contributed by atoms with van der Waals surface area (Å²) in [7, 11) is 7.28. The Morgan fingerprint density at radius 3 is 2.72 bits per heavy atom. The number of carbonyl (C=O) groups is 1. The van der Waals surface area contributed by atoms with E-state index in [1.165, 1.54) is 4.88 Å². The number of nitrogens with zero attached hydrogens (tertiary/aromatic N) is 3. The van der Waals surface area contributed by atoms with Crippen LogP contribution in [-0.2, 0) is 16.1 Å². The van der Waals surface area contributed by atoms with Gasteiger partial charge >= 0.3 is 0 Å². The summed E-state index contributed by atoms with van der Waals surface area (Å²) in [5, 5.41) is 8.63. The van der Waals surface area contributed by atoms with Crippen molar-refractivity contribution in [3.8, 4) is 0 Å². The van der Waals surface area contributed by atoms with Crippen LogP contribution in [0.1, 0.15) is 11.3 Å². The molecule has 0 saturated carbocycles. The minimum absolute atomic E-state index is 0.0195. The van der Waals surface area contributed by atoms with Gasteiger partial charge < -0.3 is 25.2 Å². The summed E-state index contributed by atoms with van der Waals surface area (Å²) in [4.78, 5) is 21.2. The number of nitrogens with one attached hydrogen (secondary N) is 2. The number of hydrogen-bond acceptors (Lipinski definition) is 5. The summed E-state index contributed by atoms with van der Waals surface area (Å²) in [6, 6.07) is 4.10. The van der Waals surface area contributed by atoms with Crippen LogP contribution in [0.2, 0.25) is 0 Å². The maximum Gasteiger partial charge on any atom is 0.243 e. The molecular formula is C17H31N5O2S. The summed E-state index contributed by atoms with van der Waals surface area (Å²) in [6.45, 7) is 4.25. The molecule has 1 rings (SSSR count). The smallest absolute Gasteiger partial charge is 0.243 e. The minimum Gasteiger partial charge on any atom is -0.385 e. The molecule has 8 heteroatoms. The van der Waals surface area contributed by atoms with Crippen molar-refractivity contribution in [2.24, 2.45) is 4.99 Å². The van der Waals surface area contributed by atoms with Crippen molar-refractivity contribution in [3.63, 3.8) is 0 Å². The number of ether oxygens (including phenoxy) is 1. The van der Waals surface area contributed by atoms with Gasteiger partial charge in [-0.1, -0.05) is 6.07 Å². The highest BCUT2D eigenvalue weighted by molar-refractivity contribution is 7.09. The van der Waals surface area contributed by atoms with Gasteiger partial charge in [0.15, 0.2) is 5.96 Å². The Bertz CT molecular complexity index is 505. The fraction of sp³-hybridized carbons (Fsp3) is 0.647. The molecule has 0 bridgehead atoms. The molecule has 0 atom stereocenters. The van der Waals surface area contributed by atoms with E-state index in [2.05, 4.69) is 33.6 Å². The van der Waals surface area contributed by atoms with Crippen molar-refractivity contribution in [1.82, 2.24) is 20.4 Å². The Labute approximate surface area is 155 Å². The average Bonchev–Trinajstić information content (AvgIpc) is 3.10. The highest BCUT2D eigenvalue weighted by atomic mass is 32.1. The first-order chi connectivity index (χ1) is 12.0. The van der Waals surface area contributed by atoms with E-state index in [1.54, 1.807) is 37.4 Å². The van der Waals surface area contributed by atoms with Crippen LogP contribution >= 0.6 is 11.3 Å². The number of hydrogen-bond donors (Lipinski definition) is 2. The van der Waals surface area contributed by atoms with Gasteiger partial charge in [0.2, 0.25) is 5.91 Å². The van der Waals surface area contributed by atoms with Crippen molar-refractivity contribution in [2.75, 3.05) is 61.0 Å². The first-order valence-corrected chi connectivity index (χ1v) is 9.33. The van der Waals surface area contributed by atoms with Crippen LogP contribution < -0.4 is 10.6 Å². The lowest BCUT2D eigenvalue weighted by atomic mass is 10.4. The molecule has 0 saturated heterocycles. The van der Waals surface area contributed by atoms with Crippen LogP contribution in [-0.4, -0.2) is 82.7 Å². The van der Waals surface area contributed by atoms with Gasteiger partial charge in [-0.25, -0.2) is 4.99 Å². The second kappa shape index (κ2) is 12.7. The molecule has 0 aromatic carbocycles. The van der Waals surface area contributed by atoms with Crippen LogP contribution in [0.15, 0.2) is 22.5 Å². The monoisotopic (exact) mass is 369 g/mol. The second-order valence-electron chi connectivity index (χ2n) is 5.96. The SMILES string of the molecule is COCCCN(C)CCNC(=NCC(=O)N(C)C)NCc1cccs1. The Morgan fingerprint density at radius 1 is 1.28 bits per heavy atom. The van der Waals surface area contributed by atoms with Crippen molar-refractivity contribution >= 4 is 23.2 Å². The largest absolute Gasteiger partial charge is 0.385 e. The lowest BCUT2D eigenvalue weighted by Crippen LogP contribution is -2.41. The Kier molecular flexibility index (Phi) is 10.9. The summed E-state index contributed by atoms with van der Waals surface area (Å²) in [5.41, 5.74) is 0. The van der Waals surface area contributed by atoms with Gasteiger partial charge in [0.25, 0.3) is 0 Å². The molecule has 0 unspecified atom stereocenters. The molecule has 1 amide bonds. The quantitative estimate of drug-likeness (QED) is 0.344. The zero-order chi connectivity index (χ0) is 18.5. The van der Waals surface area contributed by atoms with Gasteiger partial charge in [0.05, 0.1) is 6.54 Å². The second-order valence-corrected chi connectivity index (χ2v) is 6.99. The van der Waals surface area contributed by atoms with Crippen LogP contribution in [0.25, 0.3) is 0 Å². The number of carbonyl (C=O) groups excluding carboxylic acids is 1. The van der Waals surface area contributed by atoms with Crippen molar-refractivity contribution in [1.29, 1.82) is 0 Å². The normalized spacial score (nSPS) is 11.6. The predicted molar refractivity (Wildman–Crippen MR) is 104 cm³/mol. The Morgan fingerprint density at radius 2 is 2.08 bits per heavy atom. The molecular weight excluding hydrogens is 338 g/mol. The number of rotatable bonds is 11. The van der Waals surface area contributed by atoms with Gasteiger partial charge in [-0.05, 0) is 24.9 Å². The van der Waals surface area contributed by atoms with Crippen molar-refractivity contribution in [3.05, 3.63) is 22.4 Å². The van der Waals surface area contributed by atoms with Crippen LogP contribution in [0.5, 0.6) is 0 Å². The summed E-state index contributed by atoms with van der Waals surface area (Å²) in [6.07, 6.45) is 1.02. The van der Waals surface area contributed by atoms with Crippen LogP contribution in [0, 0.1) is 0 Å². The molecule has 1 aromatic heterocycles. The van der Waals surface area contributed by atoms with E-state index in [-0.39, 0.29) is 12.5 Å².